The molecule has 0 spiro atoms. The molecule has 1 aromatic carbocycles. The van der Waals surface area contributed by atoms with Gasteiger partial charge in [-0.25, -0.2) is 5.48 Å². The van der Waals surface area contributed by atoms with Crippen LogP contribution >= 0.6 is 0 Å². The SMILES string of the molecule is COc1cccc(CNc2nc(NO)nc(NCCN)n2)c1. The highest BCUT2D eigenvalue weighted by Crippen LogP contribution is 2.14. The molecule has 9 heteroatoms. The van der Waals surface area contributed by atoms with Crippen LogP contribution in [0.4, 0.5) is 17.8 Å². The number of nitrogens with two attached hydrogens (primary N) is 1. The third-order valence-electron chi connectivity index (χ3n) is 2.75. The van der Waals surface area contributed by atoms with E-state index in [0.717, 1.165) is 11.3 Å². The van der Waals surface area contributed by atoms with Gasteiger partial charge in [-0.3, -0.25) is 5.21 Å². The molecule has 118 valence electrons. The molecule has 1 heterocycles. The fourth-order valence-electron chi connectivity index (χ4n) is 1.73. The summed E-state index contributed by atoms with van der Waals surface area (Å²) >= 11 is 0. The molecule has 0 fully saturated rings. The van der Waals surface area contributed by atoms with Crippen molar-refractivity contribution >= 4 is 17.8 Å². The van der Waals surface area contributed by atoms with Crippen LogP contribution in [0.5, 0.6) is 5.75 Å². The highest BCUT2D eigenvalue weighted by atomic mass is 16.5. The Bertz CT molecular complexity index is 609. The van der Waals surface area contributed by atoms with E-state index in [0.29, 0.717) is 31.5 Å². The Hall–Kier alpha value is -2.65. The zero-order valence-electron chi connectivity index (χ0n) is 12.2. The summed E-state index contributed by atoms with van der Waals surface area (Å²) in [4.78, 5) is 12.2. The number of hydrogen-bond donors (Lipinski definition) is 5. The Morgan fingerprint density at radius 3 is 2.55 bits per heavy atom. The molecule has 0 radical (unpaired) electrons. The van der Waals surface area contributed by atoms with Crippen molar-refractivity contribution in [3.05, 3.63) is 29.8 Å². The quantitative estimate of drug-likeness (QED) is 0.446. The number of aromatic nitrogens is 3. The van der Waals surface area contributed by atoms with Crippen LogP contribution in [0.25, 0.3) is 0 Å². The van der Waals surface area contributed by atoms with Gasteiger partial charge in [0.2, 0.25) is 11.9 Å². The van der Waals surface area contributed by atoms with Crippen molar-refractivity contribution in [3.63, 3.8) is 0 Å². The first-order valence-electron chi connectivity index (χ1n) is 6.72. The van der Waals surface area contributed by atoms with Crippen LogP contribution in [-0.4, -0.2) is 40.4 Å². The summed E-state index contributed by atoms with van der Waals surface area (Å²) in [6.45, 7) is 1.47. The Morgan fingerprint density at radius 1 is 1.14 bits per heavy atom. The standard InChI is InChI=1S/C13H19N7O2/c1-22-10-4-2-3-9(7-10)8-16-12-17-11(15-6-5-14)18-13(19-12)20-21/h2-4,7,21H,5-6,8,14H2,1H3,(H3,15,16,17,18,19,20). The minimum atomic E-state index is 0.0441. The molecule has 2 rings (SSSR count). The fraction of sp³-hybridized carbons (Fsp3) is 0.308. The first-order valence-corrected chi connectivity index (χ1v) is 6.72. The Labute approximate surface area is 127 Å². The molecule has 0 saturated heterocycles. The van der Waals surface area contributed by atoms with Crippen LogP contribution in [-0.2, 0) is 6.54 Å². The number of benzene rings is 1. The van der Waals surface area contributed by atoms with Gasteiger partial charge >= 0.3 is 0 Å². The lowest BCUT2D eigenvalue weighted by Crippen LogP contribution is -2.16. The summed E-state index contributed by atoms with van der Waals surface area (Å²) in [5, 5.41) is 15.0. The lowest BCUT2D eigenvalue weighted by atomic mass is 10.2. The van der Waals surface area contributed by atoms with Crippen LogP contribution in [0.3, 0.4) is 0 Å². The number of hydrogen-bond acceptors (Lipinski definition) is 9. The Morgan fingerprint density at radius 2 is 1.86 bits per heavy atom. The van der Waals surface area contributed by atoms with Crippen LogP contribution in [0.1, 0.15) is 5.56 Å². The van der Waals surface area contributed by atoms with Gasteiger partial charge in [-0.05, 0) is 17.7 Å². The van der Waals surface area contributed by atoms with E-state index in [4.69, 9.17) is 15.7 Å². The molecule has 0 saturated carbocycles. The molecule has 0 aliphatic rings. The van der Waals surface area contributed by atoms with Crippen molar-refractivity contribution in [1.82, 2.24) is 15.0 Å². The summed E-state index contributed by atoms with van der Waals surface area (Å²) in [5.41, 5.74) is 8.34. The van der Waals surface area contributed by atoms with Crippen molar-refractivity contribution in [2.45, 2.75) is 6.54 Å². The number of anilines is 3. The molecular formula is C13H19N7O2. The van der Waals surface area contributed by atoms with Gasteiger partial charge in [-0.2, -0.15) is 15.0 Å². The number of nitrogens with zero attached hydrogens (tertiary/aromatic N) is 3. The van der Waals surface area contributed by atoms with Gasteiger partial charge in [0.25, 0.3) is 5.95 Å². The van der Waals surface area contributed by atoms with E-state index in [1.165, 1.54) is 0 Å². The minimum Gasteiger partial charge on any atom is -0.497 e. The van der Waals surface area contributed by atoms with E-state index in [-0.39, 0.29) is 5.95 Å². The monoisotopic (exact) mass is 305 g/mol. The van der Waals surface area contributed by atoms with E-state index in [1.807, 2.05) is 29.7 Å². The van der Waals surface area contributed by atoms with Gasteiger partial charge in [0.05, 0.1) is 7.11 Å². The van der Waals surface area contributed by atoms with Gasteiger partial charge in [-0.1, -0.05) is 12.1 Å². The van der Waals surface area contributed by atoms with Crippen LogP contribution in [0.2, 0.25) is 0 Å². The fourth-order valence-corrected chi connectivity index (χ4v) is 1.73. The third-order valence-corrected chi connectivity index (χ3v) is 2.75. The van der Waals surface area contributed by atoms with Crippen molar-refractivity contribution in [2.24, 2.45) is 5.73 Å². The normalized spacial score (nSPS) is 10.1. The van der Waals surface area contributed by atoms with E-state index in [2.05, 4.69) is 25.6 Å². The number of rotatable bonds is 8. The van der Waals surface area contributed by atoms with E-state index >= 15 is 0 Å². The van der Waals surface area contributed by atoms with Crippen molar-refractivity contribution < 1.29 is 9.94 Å². The second-order valence-corrected chi connectivity index (χ2v) is 4.34. The van der Waals surface area contributed by atoms with Crippen molar-refractivity contribution in [2.75, 3.05) is 36.3 Å². The molecule has 22 heavy (non-hydrogen) atoms. The molecule has 0 bridgehead atoms. The lowest BCUT2D eigenvalue weighted by Gasteiger charge is -2.09. The molecule has 0 unspecified atom stereocenters. The van der Waals surface area contributed by atoms with E-state index in [9.17, 15) is 0 Å². The molecule has 0 amide bonds. The lowest BCUT2D eigenvalue weighted by molar-refractivity contribution is 0.382. The summed E-state index contributed by atoms with van der Waals surface area (Å²) < 4.78 is 5.17. The summed E-state index contributed by atoms with van der Waals surface area (Å²) in [6, 6.07) is 7.63. The highest BCUT2D eigenvalue weighted by molar-refractivity contribution is 5.42. The highest BCUT2D eigenvalue weighted by Gasteiger charge is 2.06. The predicted molar refractivity (Wildman–Crippen MR) is 83.1 cm³/mol. The minimum absolute atomic E-state index is 0.0441. The number of ether oxygens (including phenoxy) is 1. The van der Waals surface area contributed by atoms with Crippen molar-refractivity contribution in [3.8, 4) is 5.75 Å². The van der Waals surface area contributed by atoms with Crippen LogP contribution in [0.15, 0.2) is 24.3 Å². The summed E-state index contributed by atoms with van der Waals surface area (Å²) in [6.07, 6.45) is 0. The van der Waals surface area contributed by atoms with Crippen LogP contribution < -0.4 is 26.6 Å². The number of methoxy groups -OCH3 is 1. The molecule has 0 aliphatic carbocycles. The Balaban J connectivity index is 2.07. The van der Waals surface area contributed by atoms with Crippen LogP contribution in [0, 0.1) is 0 Å². The van der Waals surface area contributed by atoms with Gasteiger partial charge < -0.3 is 21.1 Å². The maximum atomic E-state index is 8.97. The average molecular weight is 305 g/mol. The topological polar surface area (TPSA) is 130 Å². The second kappa shape index (κ2) is 7.96. The predicted octanol–water partition coefficient (Wildman–Crippen LogP) is 0.664. The summed E-state index contributed by atoms with van der Waals surface area (Å²) in [5.74, 6) is 1.47. The largest absolute Gasteiger partial charge is 0.497 e. The molecule has 0 aliphatic heterocycles. The zero-order valence-corrected chi connectivity index (χ0v) is 12.2. The maximum Gasteiger partial charge on any atom is 0.253 e. The molecule has 0 atom stereocenters. The second-order valence-electron chi connectivity index (χ2n) is 4.34. The third kappa shape index (κ3) is 4.43. The van der Waals surface area contributed by atoms with Gasteiger partial charge in [-0.15, -0.1) is 0 Å². The van der Waals surface area contributed by atoms with Gasteiger partial charge in [0, 0.05) is 19.6 Å². The molecule has 2 aromatic rings. The maximum absolute atomic E-state index is 8.97. The van der Waals surface area contributed by atoms with Gasteiger partial charge in [0.15, 0.2) is 0 Å². The first kappa shape index (κ1) is 15.7. The zero-order chi connectivity index (χ0) is 15.8. The first-order chi connectivity index (χ1) is 10.7. The molecule has 9 nitrogen and oxygen atoms in total. The smallest absolute Gasteiger partial charge is 0.253 e. The summed E-state index contributed by atoms with van der Waals surface area (Å²) in [7, 11) is 1.62. The number of nitrogens with one attached hydrogen (secondary N) is 3. The van der Waals surface area contributed by atoms with E-state index < -0.39 is 0 Å². The Kier molecular flexibility index (Phi) is 5.69. The average Bonchev–Trinajstić information content (AvgIpc) is 2.58. The van der Waals surface area contributed by atoms with Gasteiger partial charge in [0.1, 0.15) is 5.75 Å². The molecular weight excluding hydrogens is 286 g/mol. The molecule has 6 N–H and O–H groups in total. The van der Waals surface area contributed by atoms with E-state index in [1.54, 1.807) is 7.11 Å². The van der Waals surface area contributed by atoms with Crippen molar-refractivity contribution in [1.29, 1.82) is 0 Å². The molecule has 1 aromatic heterocycles.